The number of urea groups is 1. The SMILES string of the molecule is Cc1cc(NC(=O)NC(=O)c2c(F)cccc2F)c(C)c(Cl)c1Oc1cc(Cl)c(Cl)cc1Cl. The lowest BCUT2D eigenvalue weighted by atomic mass is 10.1. The number of rotatable bonds is 4. The highest BCUT2D eigenvalue weighted by Crippen LogP contribution is 2.42. The maximum Gasteiger partial charge on any atom is 0.326 e. The van der Waals surface area contributed by atoms with E-state index in [1.54, 1.807) is 13.8 Å². The number of carbonyl (C=O) groups excluding carboxylic acids is 2. The fraction of sp³-hybridized carbons (Fsp3) is 0.0909. The second kappa shape index (κ2) is 10.1. The molecule has 0 bridgehead atoms. The molecule has 0 saturated carbocycles. The first kappa shape index (κ1) is 25.1. The number of halogens is 6. The molecule has 33 heavy (non-hydrogen) atoms. The van der Waals surface area contributed by atoms with Crippen molar-refractivity contribution in [2.24, 2.45) is 0 Å². The molecular formula is C22H14Cl4F2N2O3. The summed E-state index contributed by atoms with van der Waals surface area (Å²) in [6.07, 6.45) is 0. The molecule has 0 atom stereocenters. The molecule has 0 fully saturated rings. The number of aryl methyl sites for hydroxylation is 1. The van der Waals surface area contributed by atoms with E-state index in [0.717, 1.165) is 18.2 Å². The smallest absolute Gasteiger partial charge is 0.326 e. The Morgan fingerprint density at radius 2 is 1.52 bits per heavy atom. The zero-order chi connectivity index (χ0) is 24.4. The Morgan fingerprint density at radius 3 is 2.15 bits per heavy atom. The van der Waals surface area contributed by atoms with Gasteiger partial charge < -0.3 is 10.1 Å². The molecular weight excluding hydrogens is 520 g/mol. The maximum absolute atomic E-state index is 13.8. The van der Waals surface area contributed by atoms with Crippen molar-refractivity contribution in [3.05, 3.63) is 84.8 Å². The van der Waals surface area contributed by atoms with Crippen molar-refractivity contribution < 1.29 is 23.1 Å². The Labute approximate surface area is 207 Å². The minimum atomic E-state index is -1.24. The molecule has 0 aromatic heterocycles. The molecule has 0 aliphatic heterocycles. The van der Waals surface area contributed by atoms with Crippen LogP contribution in [0.25, 0.3) is 0 Å². The summed E-state index contributed by atoms with van der Waals surface area (Å²) in [7, 11) is 0. The number of benzene rings is 3. The molecule has 0 heterocycles. The van der Waals surface area contributed by atoms with Crippen molar-refractivity contribution in [2.45, 2.75) is 13.8 Å². The van der Waals surface area contributed by atoms with Crippen LogP contribution in [0.5, 0.6) is 11.5 Å². The van der Waals surface area contributed by atoms with E-state index in [1.165, 1.54) is 18.2 Å². The van der Waals surface area contributed by atoms with Crippen LogP contribution in [0, 0.1) is 25.5 Å². The third-order valence-corrected chi connectivity index (χ3v) is 5.98. The summed E-state index contributed by atoms with van der Waals surface area (Å²) in [5.74, 6) is -2.97. The lowest BCUT2D eigenvalue weighted by Gasteiger charge is -2.17. The fourth-order valence-electron chi connectivity index (χ4n) is 2.83. The third kappa shape index (κ3) is 5.50. The minimum absolute atomic E-state index is 0.152. The number of amides is 3. The number of nitrogens with one attached hydrogen (secondary N) is 2. The van der Waals surface area contributed by atoms with Crippen LogP contribution >= 0.6 is 46.4 Å². The van der Waals surface area contributed by atoms with Gasteiger partial charge >= 0.3 is 6.03 Å². The van der Waals surface area contributed by atoms with E-state index in [1.807, 2.05) is 5.32 Å². The van der Waals surface area contributed by atoms with Crippen LogP contribution < -0.4 is 15.4 Å². The predicted octanol–water partition coefficient (Wildman–Crippen LogP) is 7.95. The summed E-state index contributed by atoms with van der Waals surface area (Å²) in [4.78, 5) is 24.4. The summed E-state index contributed by atoms with van der Waals surface area (Å²) in [6.45, 7) is 3.26. The molecule has 5 nitrogen and oxygen atoms in total. The second-order valence-corrected chi connectivity index (χ2v) is 8.41. The number of hydrogen-bond acceptors (Lipinski definition) is 3. The summed E-state index contributed by atoms with van der Waals surface area (Å²) in [6, 6.07) is 6.30. The first-order valence-corrected chi connectivity index (χ1v) is 10.7. The highest BCUT2D eigenvalue weighted by Gasteiger charge is 2.21. The Balaban J connectivity index is 1.82. The largest absolute Gasteiger partial charge is 0.454 e. The van der Waals surface area contributed by atoms with Gasteiger partial charge in [-0.3, -0.25) is 10.1 Å². The first-order chi connectivity index (χ1) is 15.5. The maximum atomic E-state index is 13.8. The Morgan fingerprint density at radius 1 is 0.909 bits per heavy atom. The fourth-order valence-corrected chi connectivity index (χ4v) is 3.70. The molecule has 0 aliphatic carbocycles. The van der Waals surface area contributed by atoms with Gasteiger partial charge in [0, 0.05) is 11.8 Å². The molecule has 3 amide bonds. The average Bonchev–Trinajstić information content (AvgIpc) is 2.72. The first-order valence-electron chi connectivity index (χ1n) is 9.18. The predicted molar refractivity (Wildman–Crippen MR) is 125 cm³/mol. The van der Waals surface area contributed by atoms with Crippen molar-refractivity contribution >= 4 is 64.0 Å². The van der Waals surface area contributed by atoms with Gasteiger partial charge in [0.2, 0.25) is 0 Å². The Bertz CT molecular complexity index is 1260. The highest BCUT2D eigenvalue weighted by atomic mass is 35.5. The quantitative estimate of drug-likeness (QED) is 0.334. The summed E-state index contributed by atoms with van der Waals surface area (Å²) in [5.41, 5.74) is 0.271. The van der Waals surface area contributed by atoms with Gasteiger partial charge in [0.05, 0.1) is 20.1 Å². The van der Waals surface area contributed by atoms with E-state index in [0.29, 0.717) is 11.1 Å². The number of anilines is 1. The van der Waals surface area contributed by atoms with E-state index in [2.05, 4.69) is 5.32 Å². The Kier molecular flexibility index (Phi) is 7.69. The normalized spacial score (nSPS) is 10.7. The van der Waals surface area contributed by atoms with E-state index < -0.39 is 29.1 Å². The van der Waals surface area contributed by atoms with Crippen LogP contribution in [-0.2, 0) is 0 Å². The molecule has 3 rings (SSSR count). The lowest BCUT2D eigenvalue weighted by molar-refractivity contribution is 0.0959. The molecule has 0 unspecified atom stereocenters. The van der Waals surface area contributed by atoms with E-state index >= 15 is 0 Å². The van der Waals surface area contributed by atoms with Crippen LogP contribution in [0.1, 0.15) is 21.5 Å². The van der Waals surface area contributed by atoms with E-state index in [-0.39, 0.29) is 37.3 Å². The Hall–Kier alpha value is -2.58. The summed E-state index contributed by atoms with van der Waals surface area (Å²) < 4.78 is 33.3. The number of ether oxygens (including phenoxy) is 1. The molecule has 2 N–H and O–H groups in total. The van der Waals surface area contributed by atoms with Crippen LogP contribution in [-0.4, -0.2) is 11.9 Å². The molecule has 0 saturated heterocycles. The van der Waals surface area contributed by atoms with Crippen molar-refractivity contribution in [3.8, 4) is 11.5 Å². The van der Waals surface area contributed by atoms with Crippen molar-refractivity contribution in [3.63, 3.8) is 0 Å². The molecule has 11 heteroatoms. The zero-order valence-corrected chi connectivity index (χ0v) is 20.0. The van der Waals surface area contributed by atoms with Gasteiger partial charge in [0.1, 0.15) is 28.7 Å². The zero-order valence-electron chi connectivity index (χ0n) is 17.0. The lowest BCUT2D eigenvalue weighted by Crippen LogP contribution is -2.35. The molecule has 0 spiro atoms. The molecule has 3 aromatic carbocycles. The molecule has 172 valence electrons. The van der Waals surface area contributed by atoms with Crippen LogP contribution in [0.15, 0.2) is 36.4 Å². The summed E-state index contributed by atoms with van der Waals surface area (Å²) >= 11 is 24.5. The van der Waals surface area contributed by atoms with Crippen LogP contribution in [0.4, 0.5) is 19.3 Å². The number of hydrogen-bond donors (Lipinski definition) is 2. The van der Waals surface area contributed by atoms with E-state index in [4.69, 9.17) is 51.1 Å². The monoisotopic (exact) mass is 532 g/mol. The van der Waals surface area contributed by atoms with Gasteiger partial charge in [-0.15, -0.1) is 0 Å². The van der Waals surface area contributed by atoms with Crippen molar-refractivity contribution in [1.82, 2.24) is 5.32 Å². The van der Waals surface area contributed by atoms with Crippen LogP contribution in [0.2, 0.25) is 20.1 Å². The summed E-state index contributed by atoms with van der Waals surface area (Å²) in [5, 5.41) is 5.15. The van der Waals surface area contributed by atoms with Crippen molar-refractivity contribution in [1.29, 1.82) is 0 Å². The van der Waals surface area contributed by atoms with Crippen LogP contribution in [0.3, 0.4) is 0 Å². The van der Waals surface area contributed by atoms with Gasteiger partial charge in [0.15, 0.2) is 0 Å². The topological polar surface area (TPSA) is 67.4 Å². The van der Waals surface area contributed by atoms with Gasteiger partial charge in [-0.25, -0.2) is 13.6 Å². The van der Waals surface area contributed by atoms with Gasteiger partial charge in [-0.1, -0.05) is 52.5 Å². The number of carbonyl (C=O) groups is 2. The standard InChI is InChI=1S/C22H14Cl4F2N2O3/c1-9-6-16(29-22(32)30-21(31)18-14(27)4-3-5-15(18)28)10(2)19(26)20(9)33-17-8-12(24)11(23)7-13(17)25/h3-8H,1-2H3,(H2,29,30,31,32). The van der Waals surface area contributed by atoms with E-state index in [9.17, 15) is 18.4 Å². The minimum Gasteiger partial charge on any atom is -0.454 e. The number of imide groups is 1. The van der Waals surface area contributed by atoms with Gasteiger partial charge in [-0.05, 0) is 49.2 Å². The average molecular weight is 534 g/mol. The second-order valence-electron chi connectivity index (χ2n) is 6.81. The highest BCUT2D eigenvalue weighted by molar-refractivity contribution is 6.43. The van der Waals surface area contributed by atoms with Gasteiger partial charge in [-0.2, -0.15) is 0 Å². The van der Waals surface area contributed by atoms with Gasteiger partial charge in [0.25, 0.3) is 5.91 Å². The third-order valence-electron chi connectivity index (χ3n) is 4.50. The molecule has 3 aromatic rings. The molecule has 0 aliphatic rings. The van der Waals surface area contributed by atoms with Crippen molar-refractivity contribution in [2.75, 3.05) is 5.32 Å². The molecule has 0 radical (unpaired) electrons.